The van der Waals surface area contributed by atoms with E-state index < -0.39 is 42.1 Å². The number of rotatable bonds is 11. The molecule has 46 heavy (non-hydrogen) atoms. The molecule has 0 atom stereocenters. The van der Waals surface area contributed by atoms with Gasteiger partial charge in [0.25, 0.3) is 5.95 Å². The van der Waals surface area contributed by atoms with E-state index in [2.05, 4.69) is 20.1 Å². The molecule has 17 heteroatoms. The Kier molecular flexibility index (Phi) is 10.6. The van der Waals surface area contributed by atoms with Gasteiger partial charge in [0.2, 0.25) is 0 Å². The van der Waals surface area contributed by atoms with Gasteiger partial charge in [-0.05, 0) is 97.2 Å². The van der Waals surface area contributed by atoms with Crippen molar-refractivity contribution in [2.45, 2.75) is 64.4 Å². The molecule has 1 fully saturated rings. The van der Waals surface area contributed by atoms with Crippen LogP contribution in [0.15, 0.2) is 36.4 Å². The van der Waals surface area contributed by atoms with E-state index in [-0.39, 0.29) is 48.1 Å². The molecule has 1 N–H and O–H groups in total. The topological polar surface area (TPSA) is 79.5 Å². The van der Waals surface area contributed by atoms with Crippen LogP contribution in [-0.4, -0.2) is 51.4 Å². The van der Waals surface area contributed by atoms with Crippen molar-refractivity contribution in [1.29, 1.82) is 0 Å². The van der Waals surface area contributed by atoms with Gasteiger partial charge in [-0.3, -0.25) is 0 Å². The molecule has 3 aromatic rings. The van der Waals surface area contributed by atoms with Gasteiger partial charge in [-0.25, -0.2) is 0 Å². The maximum atomic E-state index is 13.6. The van der Waals surface area contributed by atoms with E-state index in [9.17, 15) is 44.6 Å². The van der Waals surface area contributed by atoms with Gasteiger partial charge in [-0.2, -0.15) is 31.1 Å². The summed E-state index contributed by atoms with van der Waals surface area (Å²) in [7, 11) is 1.40. The Bertz CT molecular complexity index is 1420. The summed E-state index contributed by atoms with van der Waals surface area (Å²) in [4.78, 5) is 4.21. The zero-order valence-electron chi connectivity index (χ0n) is 24.9. The molecule has 0 unspecified atom stereocenters. The molecule has 4 rings (SSSR count). The Labute approximate surface area is 258 Å². The van der Waals surface area contributed by atoms with Gasteiger partial charge in [-0.15, -0.1) is 18.3 Å². The lowest BCUT2D eigenvalue weighted by atomic mass is 9.82. The lowest BCUT2D eigenvalue weighted by molar-refractivity contribution is -0.274. The number of aliphatic hydroxyl groups excluding tert-OH is 1. The summed E-state index contributed by atoms with van der Waals surface area (Å²) in [5.74, 6) is -0.295. The van der Waals surface area contributed by atoms with Crippen molar-refractivity contribution in [2.24, 2.45) is 18.9 Å². The van der Waals surface area contributed by atoms with Crippen molar-refractivity contribution < 1.29 is 49.4 Å². The predicted octanol–water partition coefficient (Wildman–Crippen LogP) is 6.98. The van der Waals surface area contributed by atoms with Gasteiger partial charge >= 0.3 is 18.7 Å². The molecule has 0 radical (unpaired) electrons. The predicted molar refractivity (Wildman–Crippen MR) is 149 cm³/mol. The molecule has 0 saturated heterocycles. The van der Waals surface area contributed by atoms with E-state index in [1.807, 2.05) is 11.8 Å². The summed E-state index contributed by atoms with van der Waals surface area (Å²) in [5, 5.41) is 21.1. The maximum absolute atomic E-state index is 13.6. The number of hydrogen-bond acceptors (Lipinski definition) is 7. The molecule has 2 aromatic carbocycles. The van der Waals surface area contributed by atoms with Crippen LogP contribution >= 0.6 is 0 Å². The van der Waals surface area contributed by atoms with Crippen molar-refractivity contribution in [3.63, 3.8) is 0 Å². The van der Waals surface area contributed by atoms with E-state index >= 15 is 0 Å². The first kappa shape index (κ1) is 35.1. The number of aromatic nitrogens is 4. The Morgan fingerprint density at radius 3 is 1.96 bits per heavy atom. The second-order valence-electron chi connectivity index (χ2n) is 11.3. The third-order valence-corrected chi connectivity index (χ3v) is 7.87. The van der Waals surface area contributed by atoms with Crippen LogP contribution < -0.4 is 14.5 Å². The summed E-state index contributed by atoms with van der Waals surface area (Å²) in [6, 6.07) is 4.87. The normalized spacial score (nSPS) is 17.7. The standard InChI is InChI=1S/C29H33F9N6O2/c1-3-43(14-18-4-6-19(17-45)7-5-18)25-9-8-24(46-29(36,37)38)12-21(25)16-44(26-39-41-42(2)40-26)15-20-10-22(27(30,31)32)13-23(11-20)28(33,34)35/h8-13,18-19,45H,3-7,14-17H2,1-2H3/t18-,19-. The van der Waals surface area contributed by atoms with E-state index in [0.717, 1.165) is 42.6 Å². The number of aliphatic hydroxyl groups is 1. The first-order chi connectivity index (χ1) is 21.4. The number of aryl methyl sites for hydroxylation is 1. The van der Waals surface area contributed by atoms with E-state index in [4.69, 9.17) is 0 Å². The monoisotopic (exact) mass is 668 g/mol. The number of benzene rings is 2. The molecule has 1 saturated carbocycles. The minimum absolute atomic E-state index is 0.0115. The third-order valence-electron chi connectivity index (χ3n) is 7.87. The zero-order valence-corrected chi connectivity index (χ0v) is 24.9. The third kappa shape index (κ3) is 9.39. The van der Waals surface area contributed by atoms with E-state index in [1.54, 1.807) is 0 Å². The number of halogens is 9. The number of anilines is 2. The summed E-state index contributed by atoms with van der Waals surface area (Å²) >= 11 is 0. The second-order valence-corrected chi connectivity index (χ2v) is 11.3. The maximum Gasteiger partial charge on any atom is 0.573 e. The molecule has 0 spiro atoms. The van der Waals surface area contributed by atoms with Crippen LogP contribution in [0.5, 0.6) is 5.75 Å². The smallest absolute Gasteiger partial charge is 0.406 e. The highest BCUT2D eigenvalue weighted by Gasteiger charge is 2.37. The van der Waals surface area contributed by atoms with Crippen LogP contribution in [0.4, 0.5) is 51.1 Å². The highest BCUT2D eigenvalue weighted by atomic mass is 19.4. The summed E-state index contributed by atoms with van der Waals surface area (Å²) < 4.78 is 125. The SMILES string of the molecule is CCN(C[C@H]1CC[C@H](CO)CC1)c1ccc(OC(F)(F)F)cc1CN(Cc1cc(C(F)(F)F)cc(C(F)(F)F)c1)c1nnn(C)n1. The number of alkyl halides is 9. The molecule has 1 heterocycles. The lowest BCUT2D eigenvalue weighted by Crippen LogP contribution is -2.33. The minimum atomic E-state index is -5.08. The molecule has 1 aliphatic rings. The fourth-order valence-electron chi connectivity index (χ4n) is 5.63. The van der Waals surface area contributed by atoms with Crippen molar-refractivity contribution >= 4 is 11.6 Å². The molecule has 1 aliphatic carbocycles. The first-order valence-electron chi connectivity index (χ1n) is 14.5. The molecular weight excluding hydrogens is 635 g/mol. The Hall–Kier alpha value is -3.76. The summed E-state index contributed by atoms with van der Waals surface area (Å²) in [6.07, 6.45) is -11.9. The minimum Gasteiger partial charge on any atom is -0.406 e. The quantitative estimate of drug-likeness (QED) is 0.221. The van der Waals surface area contributed by atoms with Crippen molar-refractivity contribution in [3.05, 3.63) is 58.7 Å². The van der Waals surface area contributed by atoms with Gasteiger partial charge in [-0.1, -0.05) is 5.10 Å². The van der Waals surface area contributed by atoms with Gasteiger partial charge < -0.3 is 19.6 Å². The van der Waals surface area contributed by atoms with Crippen LogP contribution in [-0.2, 0) is 32.5 Å². The number of ether oxygens (including phenoxy) is 1. The Morgan fingerprint density at radius 1 is 0.848 bits per heavy atom. The lowest BCUT2D eigenvalue weighted by Gasteiger charge is -2.34. The van der Waals surface area contributed by atoms with Gasteiger partial charge in [0.15, 0.2) is 0 Å². The average molecular weight is 669 g/mol. The number of tetrazole rings is 1. The molecule has 0 aliphatic heterocycles. The van der Waals surface area contributed by atoms with Gasteiger partial charge in [0.05, 0.1) is 18.2 Å². The molecule has 1 aromatic heterocycles. The van der Waals surface area contributed by atoms with Gasteiger partial charge in [0.1, 0.15) is 5.75 Å². The first-order valence-corrected chi connectivity index (χ1v) is 14.5. The fraction of sp³-hybridized carbons (Fsp3) is 0.552. The largest absolute Gasteiger partial charge is 0.573 e. The van der Waals surface area contributed by atoms with Crippen molar-refractivity contribution in [2.75, 3.05) is 29.5 Å². The number of hydrogen-bond donors (Lipinski definition) is 1. The van der Waals surface area contributed by atoms with E-state index in [0.29, 0.717) is 30.9 Å². The van der Waals surface area contributed by atoms with Crippen LogP contribution in [0.2, 0.25) is 0 Å². The average Bonchev–Trinajstić information content (AvgIpc) is 3.40. The van der Waals surface area contributed by atoms with Gasteiger partial charge in [0, 0.05) is 38.5 Å². The Balaban J connectivity index is 1.75. The Morgan fingerprint density at radius 2 is 1.46 bits per heavy atom. The summed E-state index contributed by atoms with van der Waals surface area (Å²) in [5.41, 5.74) is -2.68. The zero-order chi connectivity index (χ0) is 33.9. The van der Waals surface area contributed by atoms with Crippen LogP contribution in [0.3, 0.4) is 0 Å². The van der Waals surface area contributed by atoms with Crippen LogP contribution in [0, 0.1) is 11.8 Å². The number of nitrogens with zero attached hydrogens (tertiary/aromatic N) is 6. The molecule has 254 valence electrons. The fourth-order valence-corrected chi connectivity index (χ4v) is 5.63. The summed E-state index contributed by atoms with van der Waals surface area (Å²) in [6.45, 7) is 2.04. The molecule has 0 bridgehead atoms. The molecule has 8 nitrogen and oxygen atoms in total. The van der Waals surface area contributed by atoms with Crippen LogP contribution in [0.1, 0.15) is 54.9 Å². The second kappa shape index (κ2) is 13.9. The van der Waals surface area contributed by atoms with Crippen molar-refractivity contribution in [3.8, 4) is 5.75 Å². The van der Waals surface area contributed by atoms with E-state index in [1.165, 1.54) is 18.0 Å². The van der Waals surface area contributed by atoms with Crippen LogP contribution in [0.25, 0.3) is 0 Å². The highest BCUT2D eigenvalue weighted by molar-refractivity contribution is 5.58. The van der Waals surface area contributed by atoms with Crippen molar-refractivity contribution in [1.82, 2.24) is 20.2 Å². The molecular formula is C29H33F9N6O2. The molecule has 0 amide bonds. The highest BCUT2D eigenvalue weighted by Crippen LogP contribution is 2.38.